The van der Waals surface area contributed by atoms with Crippen LogP contribution in [-0.4, -0.2) is 33.8 Å². The average Bonchev–Trinajstić information content (AvgIpc) is 3.28. The minimum Gasteiger partial charge on any atom is -0.342 e. The van der Waals surface area contributed by atoms with Crippen LogP contribution in [0.1, 0.15) is 32.3 Å². The number of nitrogens with zero attached hydrogens (tertiary/aromatic N) is 2. The van der Waals surface area contributed by atoms with Gasteiger partial charge in [0.15, 0.2) is 0 Å². The zero-order valence-electron chi connectivity index (χ0n) is 12.5. The maximum absolute atomic E-state index is 12.8. The van der Waals surface area contributed by atoms with Crippen molar-refractivity contribution >= 4 is 11.8 Å². The quantitative estimate of drug-likeness (QED) is 0.909. The Balaban J connectivity index is 1.87. The van der Waals surface area contributed by atoms with Crippen molar-refractivity contribution in [1.82, 2.24) is 15.2 Å². The van der Waals surface area contributed by atoms with Crippen LogP contribution >= 0.6 is 0 Å². The molecular weight excluding hydrogens is 266 g/mol. The smallest absolute Gasteiger partial charge is 0.246 e. The maximum Gasteiger partial charge on any atom is 0.246 e. The summed E-state index contributed by atoms with van der Waals surface area (Å²) in [4.78, 5) is 31.0. The van der Waals surface area contributed by atoms with Gasteiger partial charge in [-0.3, -0.25) is 14.6 Å². The molecule has 5 heteroatoms. The molecule has 1 aromatic heterocycles. The molecule has 1 aromatic rings. The number of aromatic nitrogens is 1. The Bertz CT molecular complexity index is 540. The molecule has 2 atom stereocenters. The van der Waals surface area contributed by atoms with E-state index in [0.717, 1.165) is 18.4 Å². The molecule has 1 saturated carbocycles. The third-order valence-electron chi connectivity index (χ3n) is 4.26. The first-order valence-electron chi connectivity index (χ1n) is 7.57. The Morgan fingerprint density at radius 3 is 2.71 bits per heavy atom. The largest absolute Gasteiger partial charge is 0.342 e. The number of piperazine rings is 1. The van der Waals surface area contributed by atoms with Gasteiger partial charge < -0.3 is 10.2 Å². The summed E-state index contributed by atoms with van der Waals surface area (Å²) in [7, 11) is 0. The SMILES string of the molecule is CC(C)C1NC(=O)C(C2CC2)N(Cc2cccnc2)C1=O. The van der Waals surface area contributed by atoms with E-state index in [-0.39, 0.29) is 23.8 Å². The number of pyridine rings is 1. The topological polar surface area (TPSA) is 62.3 Å². The summed E-state index contributed by atoms with van der Waals surface area (Å²) in [5.41, 5.74) is 0.966. The van der Waals surface area contributed by atoms with Gasteiger partial charge in [-0.1, -0.05) is 19.9 Å². The lowest BCUT2D eigenvalue weighted by molar-refractivity contribution is -0.152. The molecule has 0 radical (unpaired) electrons. The van der Waals surface area contributed by atoms with E-state index in [1.165, 1.54) is 0 Å². The van der Waals surface area contributed by atoms with Crippen LogP contribution in [0.4, 0.5) is 0 Å². The highest BCUT2D eigenvalue weighted by Crippen LogP contribution is 2.38. The lowest BCUT2D eigenvalue weighted by atomic mass is 9.95. The molecule has 2 fully saturated rings. The number of hydrogen-bond donors (Lipinski definition) is 1. The fraction of sp³-hybridized carbons (Fsp3) is 0.562. The van der Waals surface area contributed by atoms with Gasteiger partial charge in [0.2, 0.25) is 11.8 Å². The summed E-state index contributed by atoms with van der Waals surface area (Å²) < 4.78 is 0. The minimum absolute atomic E-state index is 0.000287. The molecule has 21 heavy (non-hydrogen) atoms. The van der Waals surface area contributed by atoms with Gasteiger partial charge >= 0.3 is 0 Å². The fourth-order valence-corrected chi connectivity index (χ4v) is 2.95. The molecule has 3 rings (SSSR count). The molecule has 2 unspecified atom stereocenters. The molecule has 0 aromatic carbocycles. The van der Waals surface area contributed by atoms with Crippen molar-refractivity contribution in [3.63, 3.8) is 0 Å². The van der Waals surface area contributed by atoms with Crippen molar-refractivity contribution in [3.05, 3.63) is 30.1 Å². The standard InChI is InChI=1S/C16H21N3O2/c1-10(2)13-16(21)19(9-11-4-3-7-17-8-11)14(12-5-6-12)15(20)18-13/h3-4,7-8,10,12-14H,5-6,9H2,1-2H3,(H,18,20). The van der Waals surface area contributed by atoms with Crippen molar-refractivity contribution in [1.29, 1.82) is 0 Å². The molecule has 0 bridgehead atoms. The Morgan fingerprint density at radius 1 is 1.38 bits per heavy atom. The summed E-state index contributed by atoms with van der Waals surface area (Å²) in [6.45, 7) is 4.38. The summed E-state index contributed by atoms with van der Waals surface area (Å²) in [5.74, 6) is 0.446. The lowest BCUT2D eigenvalue weighted by Crippen LogP contribution is -2.65. The second kappa shape index (κ2) is 5.47. The van der Waals surface area contributed by atoms with Gasteiger partial charge in [0.1, 0.15) is 12.1 Å². The van der Waals surface area contributed by atoms with E-state index in [9.17, 15) is 9.59 Å². The van der Waals surface area contributed by atoms with E-state index in [1.807, 2.05) is 26.0 Å². The molecular formula is C16H21N3O2. The zero-order valence-corrected chi connectivity index (χ0v) is 12.5. The van der Waals surface area contributed by atoms with E-state index in [0.29, 0.717) is 12.5 Å². The van der Waals surface area contributed by atoms with Crippen molar-refractivity contribution in [3.8, 4) is 0 Å². The van der Waals surface area contributed by atoms with Crippen molar-refractivity contribution in [2.45, 2.75) is 45.3 Å². The van der Waals surface area contributed by atoms with Crippen LogP contribution in [0, 0.1) is 11.8 Å². The van der Waals surface area contributed by atoms with E-state index in [2.05, 4.69) is 10.3 Å². The number of rotatable bonds is 4. The molecule has 112 valence electrons. The normalized spacial score (nSPS) is 26.1. The Labute approximate surface area is 124 Å². The van der Waals surface area contributed by atoms with Crippen molar-refractivity contribution < 1.29 is 9.59 Å². The predicted octanol–water partition coefficient (Wildman–Crippen LogP) is 1.34. The summed E-state index contributed by atoms with van der Waals surface area (Å²) in [5, 5.41) is 2.91. The minimum atomic E-state index is -0.413. The first-order chi connectivity index (χ1) is 10.1. The lowest BCUT2D eigenvalue weighted by Gasteiger charge is -2.40. The van der Waals surface area contributed by atoms with Gasteiger partial charge in [0.05, 0.1) is 0 Å². The Hall–Kier alpha value is -1.91. The van der Waals surface area contributed by atoms with Gasteiger partial charge in [-0.15, -0.1) is 0 Å². The van der Waals surface area contributed by atoms with E-state index in [4.69, 9.17) is 0 Å². The third-order valence-corrected chi connectivity index (χ3v) is 4.26. The van der Waals surface area contributed by atoms with Crippen molar-refractivity contribution in [2.24, 2.45) is 11.8 Å². The predicted molar refractivity (Wildman–Crippen MR) is 78.1 cm³/mol. The van der Waals surface area contributed by atoms with Gasteiger partial charge in [0.25, 0.3) is 0 Å². The number of hydrogen-bond acceptors (Lipinski definition) is 3. The molecule has 2 aliphatic rings. The molecule has 2 heterocycles. The van der Waals surface area contributed by atoms with E-state index >= 15 is 0 Å². The molecule has 1 saturated heterocycles. The number of nitrogens with one attached hydrogen (secondary N) is 1. The van der Waals surface area contributed by atoms with E-state index < -0.39 is 6.04 Å². The number of carbonyl (C=O) groups excluding carboxylic acids is 2. The number of carbonyl (C=O) groups is 2. The molecule has 1 aliphatic carbocycles. The second-order valence-corrected chi connectivity index (χ2v) is 6.34. The maximum atomic E-state index is 12.8. The highest BCUT2D eigenvalue weighted by atomic mass is 16.2. The fourth-order valence-electron chi connectivity index (χ4n) is 2.95. The highest BCUT2D eigenvalue weighted by Gasteiger charge is 2.48. The van der Waals surface area contributed by atoms with Crippen LogP contribution in [0.2, 0.25) is 0 Å². The summed E-state index contributed by atoms with van der Waals surface area (Å²) >= 11 is 0. The van der Waals surface area contributed by atoms with Gasteiger partial charge in [-0.25, -0.2) is 0 Å². The second-order valence-electron chi connectivity index (χ2n) is 6.34. The zero-order chi connectivity index (χ0) is 15.0. The molecule has 0 spiro atoms. The van der Waals surface area contributed by atoms with Crippen LogP contribution in [-0.2, 0) is 16.1 Å². The highest BCUT2D eigenvalue weighted by molar-refractivity contribution is 5.97. The Morgan fingerprint density at radius 2 is 2.14 bits per heavy atom. The van der Waals surface area contributed by atoms with Gasteiger partial charge in [0, 0.05) is 18.9 Å². The summed E-state index contributed by atoms with van der Waals surface area (Å²) in [6.07, 6.45) is 5.53. The first-order valence-corrected chi connectivity index (χ1v) is 7.57. The average molecular weight is 287 g/mol. The van der Waals surface area contributed by atoms with Crippen LogP contribution < -0.4 is 5.32 Å². The number of amides is 2. The first kappa shape index (κ1) is 14.0. The molecule has 1 aliphatic heterocycles. The molecule has 2 amide bonds. The van der Waals surface area contributed by atoms with Gasteiger partial charge in [-0.2, -0.15) is 0 Å². The van der Waals surface area contributed by atoms with E-state index in [1.54, 1.807) is 17.3 Å². The molecule has 5 nitrogen and oxygen atoms in total. The molecule has 1 N–H and O–H groups in total. The van der Waals surface area contributed by atoms with Crippen molar-refractivity contribution in [2.75, 3.05) is 0 Å². The van der Waals surface area contributed by atoms with Crippen LogP contribution in [0.25, 0.3) is 0 Å². The monoisotopic (exact) mass is 287 g/mol. The summed E-state index contributed by atoms with van der Waals surface area (Å²) in [6, 6.07) is 3.08. The van der Waals surface area contributed by atoms with Crippen LogP contribution in [0.3, 0.4) is 0 Å². The van der Waals surface area contributed by atoms with Gasteiger partial charge in [-0.05, 0) is 36.3 Å². The third kappa shape index (κ3) is 2.77. The van der Waals surface area contributed by atoms with Crippen LogP contribution in [0.5, 0.6) is 0 Å². The van der Waals surface area contributed by atoms with Crippen LogP contribution in [0.15, 0.2) is 24.5 Å². The Kier molecular flexibility index (Phi) is 3.66.